The molecule has 0 radical (unpaired) electrons. The van der Waals surface area contributed by atoms with Crippen LogP contribution in [-0.2, 0) is 17.8 Å². The lowest BCUT2D eigenvalue weighted by Crippen LogP contribution is -2.33. The Kier molecular flexibility index (Phi) is 5.97. The maximum atomic E-state index is 12.9. The van der Waals surface area contributed by atoms with E-state index in [-0.39, 0.29) is 5.91 Å². The highest BCUT2D eigenvalue weighted by Crippen LogP contribution is 2.39. The normalized spacial score (nSPS) is 13.6. The highest BCUT2D eigenvalue weighted by atomic mass is 32.2. The number of hydrogen-bond donors (Lipinski definition) is 1. The van der Waals surface area contributed by atoms with E-state index in [0.29, 0.717) is 29.9 Å². The molecule has 1 saturated carbocycles. The zero-order valence-corrected chi connectivity index (χ0v) is 17.2. The Morgan fingerprint density at radius 2 is 2.04 bits per heavy atom. The summed E-state index contributed by atoms with van der Waals surface area (Å²) in [7, 11) is 0. The third kappa shape index (κ3) is 4.74. The molecule has 4 rings (SSSR count). The summed E-state index contributed by atoms with van der Waals surface area (Å²) in [5, 5.41) is 11.0. The van der Waals surface area contributed by atoms with Crippen molar-refractivity contribution in [3.63, 3.8) is 0 Å². The van der Waals surface area contributed by atoms with Crippen LogP contribution in [0.5, 0.6) is 0 Å². The number of hydrogen-bond acceptors (Lipinski definition) is 6. The molecule has 0 spiro atoms. The van der Waals surface area contributed by atoms with Gasteiger partial charge in [0, 0.05) is 17.3 Å². The molecule has 1 fully saturated rings. The van der Waals surface area contributed by atoms with Crippen LogP contribution in [0.3, 0.4) is 0 Å². The van der Waals surface area contributed by atoms with Gasteiger partial charge in [-0.25, -0.2) is 4.68 Å². The van der Waals surface area contributed by atoms with Gasteiger partial charge in [0.15, 0.2) is 5.82 Å². The van der Waals surface area contributed by atoms with Gasteiger partial charge in [-0.3, -0.25) is 4.79 Å². The minimum atomic E-state index is 0.0882. The second kappa shape index (κ2) is 8.79. The van der Waals surface area contributed by atoms with Crippen LogP contribution >= 0.6 is 23.1 Å². The molecule has 146 valence electrons. The molecule has 3 aromatic rings. The number of benzene rings is 1. The van der Waals surface area contributed by atoms with E-state index in [0.717, 1.165) is 25.1 Å². The number of nitrogens with two attached hydrogens (primary N) is 1. The van der Waals surface area contributed by atoms with Crippen LogP contribution in [0.4, 0.5) is 0 Å². The monoisotopic (exact) mass is 413 g/mol. The number of carbonyl (C=O) groups excluding carboxylic acids is 1. The van der Waals surface area contributed by atoms with E-state index in [4.69, 9.17) is 5.84 Å². The summed E-state index contributed by atoms with van der Waals surface area (Å²) in [6, 6.07) is 14.3. The molecule has 28 heavy (non-hydrogen) atoms. The molecule has 1 aliphatic carbocycles. The number of rotatable bonds is 9. The van der Waals surface area contributed by atoms with Gasteiger partial charge in [-0.1, -0.05) is 48.2 Å². The van der Waals surface area contributed by atoms with E-state index in [2.05, 4.69) is 28.4 Å². The Bertz CT molecular complexity index is 906. The number of nitrogens with zero attached hydrogens (tertiary/aromatic N) is 4. The van der Waals surface area contributed by atoms with Crippen molar-refractivity contribution in [3.05, 3.63) is 64.1 Å². The average molecular weight is 414 g/mol. The first-order chi connectivity index (χ1) is 13.7. The Balaban J connectivity index is 1.38. The van der Waals surface area contributed by atoms with E-state index >= 15 is 0 Å². The Morgan fingerprint density at radius 3 is 2.75 bits per heavy atom. The molecule has 6 nitrogen and oxygen atoms in total. The fourth-order valence-corrected chi connectivity index (χ4v) is 4.50. The molecule has 8 heteroatoms. The third-order valence-electron chi connectivity index (χ3n) is 4.75. The summed E-state index contributed by atoms with van der Waals surface area (Å²) in [6.07, 6.45) is 3.07. The molecule has 1 aromatic carbocycles. The van der Waals surface area contributed by atoms with Crippen molar-refractivity contribution >= 4 is 29.0 Å². The lowest BCUT2D eigenvalue weighted by Gasteiger charge is -2.22. The lowest BCUT2D eigenvalue weighted by atomic mass is 10.1. The van der Waals surface area contributed by atoms with Crippen LogP contribution in [-0.4, -0.2) is 38.0 Å². The Morgan fingerprint density at radius 1 is 1.21 bits per heavy atom. The fraction of sp³-hybridized carbons (Fsp3) is 0.350. The van der Waals surface area contributed by atoms with Crippen molar-refractivity contribution in [1.29, 1.82) is 0 Å². The van der Waals surface area contributed by atoms with Crippen LogP contribution in [0.25, 0.3) is 0 Å². The van der Waals surface area contributed by atoms with Gasteiger partial charge in [-0.05, 0) is 36.3 Å². The van der Waals surface area contributed by atoms with Crippen LogP contribution < -0.4 is 5.84 Å². The molecule has 2 heterocycles. The smallest absolute Gasteiger partial charge is 0.233 e. The first-order valence-corrected chi connectivity index (χ1v) is 11.2. The molecule has 0 bridgehead atoms. The van der Waals surface area contributed by atoms with Gasteiger partial charge in [0.25, 0.3) is 0 Å². The van der Waals surface area contributed by atoms with Crippen molar-refractivity contribution in [2.45, 2.75) is 36.9 Å². The highest BCUT2D eigenvalue weighted by molar-refractivity contribution is 7.99. The fourth-order valence-electron chi connectivity index (χ4n) is 3.02. The van der Waals surface area contributed by atoms with Crippen LogP contribution in [0.15, 0.2) is 53.0 Å². The molecule has 0 saturated heterocycles. The summed E-state index contributed by atoms with van der Waals surface area (Å²) in [4.78, 5) is 16.0. The summed E-state index contributed by atoms with van der Waals surface area (Å²) in [5.74, 6) is 7.75. The van der Waals surface area contributed by atoms with E-state index in [1.807, 2.05) is 34.5 Å². The minimum Gasteiger partial charge on any atom is -0.336 e. The minimum absolute atomic E-state index is 0.0882. The second-order valence-corrected chi connectivity index (χ2v) is 8.88. The van der Waals surface area contributed by atoms with Crippen LogP contribution in [0.1, 0.15) is 35.0 Å². The Labute approximate surface area is 172 Å². The zero-order valence-electron chi connectivity index (χ0n) is 15.5. The number of aromatic nitrogens is 3. The van der Waals surface area contributed by atoms with Gasteiger partial charge in [-0.2, -0.15) is 0 Å². The first-order valence-electron chi connectivity index (χ1n) is 9.38. The molecular formula is C20H23N5OS2. The second-order valence-electron chi connectivity index (χ2n) is 6.90. The molecule has 0 unspecified atom stereocenters. The van der Waals surface area contributed by atoms with E-state index in [1.54, 1.807) is 16.0 Å². The standard InChI is InChI=1S/C20H23N5OS2/c21-25-19(16-8-9-16)22-23-20(25)28-14-18(26)24(13-17-7-4-12-27-17)11-10-15-5-2-1-3-6-15/h1-7,12,16H,8-11,13-14,21H2. The number of thioether (sulfide) groups is 1. The maximum Gasteiger partial charge on any atom is 0.233 e. The number of amides is 1. The number of nitrogen functional groups attached to an aromatic ring is 1. The highest BCUT2D eigenvalue weighted by Gasteiger charge is 2.30. The molecule has 2 aromatic heterocycles. The van der Waals surface area contributed by atoms with Crippen molar-refractivity contribution in [1.82, 2.24) is 19.8 Å². The maximum absolute atomic E-state index is 12.9. The van der Waals surface area contributed by atoms with Gasteiger partial charge in [0.2, 0.25) is 11.1 Å². The van der Waals surface area contributed by atoms with Gasteiger partial charge < -0.3 is 10.7 Å². The largest absolute Gasteiger partial charge is 0.336 e. The van der Waals surface area contributed by atoms with Gasteiger partial charge >= 0.3 is 0 Å². The Hall–Kier alpha value is -2.32. The van der Waals surface area contributed by atoms with Crippen molar-refractivity contribution < 1.29 is 4.79 Å². The van der Waals surface area contributed by atoms with E-state index < -0.39 is 0 Å². The number of thiophene rings is 1. The topological polar surface area (TPSA) is 77.0 Å². The third-order valence-corrected chi connectivity index (χ3v) is 6.54. The predicted molar refractivity (Wildman–Crippen MR) is 113 cm³/mol. The molecule has 2 N–H and O–H groups in total. The van der Waals surface area contributed by atoms with Gasteiger partial charge in [0.1, 0.15) is 0 Å². The van der Waals surface area contributed by atoms with Crippen molar-refractivity contribution in [3.8, 4) is 0 Å². The molecule has 0 atom stereocenters. The van der Waals surface area contributed by atoms with E-state index in [9.17, 15) is 4.79 Å². The molecule has 1 amide bonds. The first kappa shape index (κ1) is 19.0. The molecular weight excluding hydrogens is 390 g/mol. The van der Waals surface area contributed by atoms with Gasteiger partial charge in [0.05, 0.1) is 12.3 Å². The van der Waals surface area contributed by atoms with Crippen molar-refractivity contribution in [2.75, 3.05) is 18.1 Å². The van der Waals surface area contributed by atoms with Gasteiger partial charge in [-0.15, -0.1) is 21.5 Å². The molecule has 1 aliphatic rings. The average Bonchev–Trinajstić information content (AvgIpc) is 3.29. The predicted octanol–water partition coefficient (Wildman–Crippen LogP) is 3.29. The quantitative estimate of drug-likeness (QED) is 0.430. The summed E-state index contributed by atoms with van der Waals surface area (Å²) in [6.45, 7) is 1.32. The van der Waals surface area contributed by atoms with Crippen LogP contribution in [0.2, 0.25) is 0 Å². The van der Waals surface area contributed by atoms with E-state index in [1.165, 1.54) is 22.2 Å². The SMILES string of the molecule is Nn1c(SCC(=O)N(CCc2ccccc2)Cc2cccs2)nnc1C1CC1. The summed E-state index contributed by atoms with van der Waals surface area (Å²) in [5.41, 5.74) is 1.23. The molecule has 0 aliphatic heterocycles. The van der Waals surface area contributed by atoms with Crippen molar-refractivity contribution in [2.24, 2.45) is 0 Å². The zero-order chi connectivity index (χ0) is 19.3. The summed E-state index contributed by atoms with van der Waals surface area (Å²) < 4.78 is 1.54. The summed E-state index contributed by atoms with van der Waals surface area (Å²) >= 11 is 3.03. The van der Waals surface area contributed by atoms with Crippen LogP contribution in [0, 0.1) is 0 Å². The number of carbonyl (C=O) groups is 1. The lowest BCUT2D eigenvalue weighted by molar-refractivity contribution is -0.128.